The molecule has 0 aromatic heterocycles. The Morgan fingerprint density at radius 1 is 1.60 bits per heavy atom. The van der Waals surface area contributed by atoms with E-state index in [1.807, 2.05) is 0 Å². The highest BCUT2D eigenvalue weighted by Gasteiger charge is 1.69. The molecule has 0 aliphatic rings. The van der Waals surface area contributed by atoms with Crippen LogP contribution in [0.5, 0.6) is 0 Å². The van der Waals surface area contributed by atoms with Crippen LogP contribution in [0.3, 0.4) is 0 Å². The van der Waals surface area contributed by atoms with Crippen LogP contribution in [0.1, 0.15) is 0 Å². The average molecular weight is 93.2 g/mol. The van der Waals surface area contributed by atoms with E-state index >= 15 is 0 Å². The Bertz CT molecular complexity index is 36.6. The predicted octanol–water partition coefficient (Wildman–Crippen LogP) is -0.592. The standard InChI is InChI=1S/C2H7NOS/c1-3(2)5-4/h5H,1-2H3. The van der Waals surface area contributed by atoms with Crippen LogP contribution in [0.25, 0.3) is 0 Å². The molecule has 0 N–H and O–H groups in total. The van der Waals surface area contributed by atoms with Gasteiger partial charge in [0.05, 0.1) is 11.9 Å². The first-order valence-corrected chi connectivity index (χ1v) is 2.04. The minimum Gasteiger partial charge on any atom is -0.246 e. The van der Waals surface area contributed by atoms with E-state index in [2.05, 4.69) is 0 Å². The third kappa shape index (κ3) is 4.11. The summed E-state index contributed by atoms with van der Waals surface area (Å²) in [6.07, 6.45) is 0. The van der Waals surface area contributed by atoms with Crippen LogP contribution in [-0.4, -0.2) is 22.6 Å². The molecule has 0 rings (SSSR count). The average Bonchev–Trinajstić information content (AvgIpc) is 1.38. The molecule has 0 bridgehead atoms. The second-order valence-electron chi connectivity index (χ2n) is 0.929. The second-order valence-corrected chi connectivity index (χ2v) is 1.89. The molecule has 0 aromatic rings. The Balaban J connectivity index is 2.83. The molecule has 5 heavy (non-hydrogen) atoms. The van der Waals surface area contributed by atoms with Crippen molar-refractivity contribution < 1.29 is 4.21 Å². The topological polar surface area (TPSA) is 20.3 Å². The highest BCUT2D eigenvalue weighted by atomic mass is 32.2. The van der Waals surface area contributed by atoms with E-state index in [1.54, 1.807) is 18.4 Å². The van der Waals surface area contributed by atoms with Gasteiger partial charge in [0, 0.05) is 0 Å². The van der Waals surface area contributed by atoms with Crippen molar-refractivity contribution in [1.82, 2.24) is 4.31 Å². The van der Waals surface area contributed by atoms with Crippen LogP contribution in [0.15, 0.2) is 0 Å². The molecule has 0 heterocycles. The Morgan fingerprint density at radius 3 is 1.80 bits per heavy atom. The summed E-state index contributed by atoms with van der Waals surface area (Å²) in [5.41, 5.74) is 0. The number of thiol groups is 1. The summed E-state index contributed by atoms with van der Waals surface area (Å²) in [4.78, 5) is 0. The lowest BCUT2D eigenvalue weighted by molar-refractivity contribution is 0.621. The van der Waals surface area contributed by atoms with Gasteiger partial charge < -0.3 is 0 Å². The van der Waals surface area contributed by atoms with Crippen molar-refractivity contribution in [3.05, 3.63) is 0 Å². The molecule has 0 radical (unpaired) electrons. The molecule has 3 heteroatoms. The number of hydrogen-bond acceptors (Lipinski definition) is 1. The van der Waals surface area contributed by atoms with Crippen LogP contribution in [0, 0.1) is 0 Å². The summed E-state index contributed by atoms with van der Waals surface area (Å²) in [6, 6.07) is 0. The summed E-state index contributed by atoms with van der Waals surface area (Å²) in [7, 11) is 3.46. The summed E-state index contributed by atoms with van der Waals surface area (Å²) in [6.45, 7) is 0. The van der Waals surface area contributed by atoms with Crippen molar-refractivity contribution in [2.45, 2.75) is 0 Å². The molecular formula is C2H7NOS. The van der Waals surface area contributed by atoms with Gasteiger partial charge in [0.25, 0.3) is 0 Å². The highest BCUT2D eigenvalue weighted by molar-refractivity contribution is 7.62. The zero-order valence-electron chi connectivity index (χ0n) is 3.30. The van der Waals surface area contributed by atoms with Crippen LogP contribution in [0.2, 0.25) is 0 Å². The molecule has 0 atom stereocenters. The maximum atomic E-state index is 9.53. The lowest BCUT2D eigenvalue weighted by Crippen LogP contribution is -2.01. The maximum Gasteiger partial charge on any atom is 0.0803 e. The van der Waals surface area contributed by atoms with E-state index in [9.17, 15) is 4.21 Å². The lowest BCUT2D eigenvalue weighted by atomic mass is 11.3. The van der Waals surface area contributed by atoms with Gasteiger partial charge in [0.2, 0.25) is 0 Å². The van der Waals surface area contributed by atoms with Gasteiger partial charge in [-0.1, -0.05) is 0 Å². The summed E-state index contributed by atoms with van der Waals surface area (Å²) in [5, 5.41) is 0. The van der Waals surface area contributed by atoms with Gasteiger partial charge in [-0.2, -0.15) is 0 Å². The molecule has 0 fully saturated rings. The van der Waals surface area contributed by atoms with Crippen molar-refractivity contribution in [1.29, 1.82) is 0 Å². The van der Waals surface area contributed by atoms with Crippen LogP contribution in [-0.2, 0) is 11.9 Å². The van der Waals surface area contributed by atoms with E-state index in [0.717, 1.165) is 0 Å². The summed E-state index contributed by atoms with van der Waals surface area (Å²) < 4.78 is 11.1. The van der Waals surface area contributed by atoms with Gasteiger partial charge in [-0.25, -0.2) is 8.51 Å². The molecule has 0 saturated heterocycles. The third-order valence-corrected chi connectivity index (χ3v) is 0.490. The number of hydrogen-bond donors (Lipinski definition) is 1. The molecule has 0 aliphatic heterocycles. The first-order valence-electron chi connectivity index (χ1n) is 1.28. The van der Waals surface area contributed by atoms with E-state index in [1.165, 1.54) is 0 Å². The third-order valence-electron chi connectivity index (χ3n) is 0.163. The molecule has 0 amide bonds. The van der Waals surface area contributed by atoms with Crippen molar-refractivity contribution >= 4 is 11.9 Å². The van der Waals surface area contributed by atoms with Crippen LogP contribution < -0.4 is 0 Å². The maximum absolute atomic E-state index is 9.53. The van der Waals surface area contributed by atoms with Gasteiger partial charge in [-0.3, -0.25) is 0 Å². The minimum atomic E-state index is 0.0802. The first-order chi connectivity index (χ1) is 2.27. The SMILES string of the molecule is CN(C)[SH]=O. The van der Waals surface area contributed by atoms with Gasteiger partial charge in [0.1, 0.15) is 0 Å². The molecular weight excluding hydrogens is 86.1 g/mol. The Morgan fingerprint density at radius 2 is 1.80 bits per heavy atom. The zero-order valence-corrected chi connectivity index (χ0v) is 4.20. The lowest BCUT2D eigenvalue weighted by Gasteiger charge is -1.89. The number of nitrogens with zero attached hydrogens (tertiary/aromatic N) is 1. The Hall–Kier alpha value is 0.110. The Kier molecular flexibility index (Phi) is 2.41. The monoisotopic (exact) mass is 93.0 g/mol. The van der Waals surface area contributed by atoms with Gasteiger partial charge in [0.15, 0.2) is 0 Å². The number of rotatable bonds is 1. The van der Waals surface area contributed by atoms with Crippen LogP contribution in [0.4, 0.5) is 0 Å². The molecule has 0 aliphatic carbocycles. The highest BCUT2D eigenvalue weighted by Crippen LogP contribution is 1.57. The fourth-order valence-electron chi connectivity index (χ4n) is 0. The Labute approximate surface area is 35.4 Å². The molecule has 32 valence electrons. The largest absolute Gasteiger partial charge is 0.246 e. The quantitative estimate of drug-likeness (QED) is 0.429. The zero-order chi connectivity index (χ0) is 4.28. The molecule has 0 aromatic carbocycles. The van der Waals surface area contributed by atoms with Gasteiger partial charge in [-0.15, -0.1) is 0 Å². The van der Waals surface area contributed by atoms with E-state index in [4.69, 9.17) is 0 Å². The molecule has 0 spiro atoms. The van der Waals surface area contributed by atoms with E-state index < -0.39 is 0 Å². The molecule has 0 unspecified atom stereocenters. The summed E-state index contributed by atoms with van der Waals surface area (Å²) >= 11 is 0.0802. The fourth-order valence-corrected chi connectivity index (χ4v) is 0. The molecule has 2 nitrogen and oxygen atoms in total. The van der Waals surface area contributed by atoms with Crippen molar-refractivity contribution in [3.8, 4) is 0 Å². The minimum absolute atomic E-state index is 0.0802. The van der Waals surface area contributed by atoms with Crippen molar-refractivity contribution in [2.24, 2.45) is 0 Å². The van der Waals surface area contributed by atoms with E-state index in [-0.39, 0.29) is 11.9 Å². The normalized spacial score (nSPS) is 9.40. The molecule has 0 saturated carbocycles. The fraction of sp³-hybridized carbons (Fsp3) is 1.00. The first kappa shape index (κ1) is 5.11. The van der Waals surface area contributed by atoms with Crippen molar-refractivity contribution in [3.63, 3.8) is 0 Å². The smallest absolute Gasteiger partial charge is 0.0803 e. The summed E-state index contributed by atoms with van der Waals surface area (Å²) in [5.74, 6) is 0. The van der Waals surface area contributed by atoms with Crippen LogP contribution >= 0.6 is 0 Å². The van der Waals surface area contributed by atoms with Crippen molar-refractivity contribution in [2.75, 3.05) is 14.1 Å². The van der Waals surface area contributed by atoms with E-state index in [0.29, 0.717) is 0 Å². The predicted molar refractivity (Wildman–Crippen MR) is 23.2 cm³/mol. The van der Waals surface area contributed by atoms with Gasteiger partial charge >= 0.3 is 0 Å². The second kappa shape index (κ2) is 2.35. The van der Waals surface area contributed by atoms with Gasteiger partial charge in [-0.05, 0) is 14.1 Å².